The van der Waals surface area contributed by atoms with Crippen LogP contribution in [0.5, 0.6) is 0 Å². The van der Waals surface area contributed by atoms with E-state index < -0.39 is 7.92 Å². The lowest BCUT2D eigenvalue weighted by Gasteiger charge is -2.48. The molecule has 2 aliphatic rings. The first-order valence-electron chi connectivity index (χ1n) is 15.8. The highest BCUT2D eigenvalue weighted by atomic mass is 31.1. The Morgan fingerprint density at radius 2 is 1.35 bits per heavy atom. The lowest BCUT2D eigenvalue weighted by molar-refractivity contribution is -0.162. The molecule has 2 aliphatic heterocycles. The Balaban J connectivity index is 1.24. The normalized spacial score (nSPS) is 21.9. The minimum absolute atomic E-state index is 0.0560. The van der Waals surface area contributed by atoms with E-state index in [0.717, 1.165) is 26.1 Å². The van der Waals surface area contributed by atoms with Gasteiger partial charge in [-0.25, -0.2) is 0 Å². The summed E-state index contributed by atoms with van der Waals surface area (Å²) in [5.74, 6) is 0. The first kappa shape index (κ1) is 29.2. The molecule has 3 aromatic rings. The number of hydrogen-bond donors (Lipinski definition) is 0. The van der Waals surface area contributed by atoms with Gasteiger partial charge in [-0.3, -0.25) is 0 Å². The minimum atomic E-state index is -0.437. The highest BCUT2D eigenvalue weighted by Crippen LogP contribution is 2.66. The van der Waals surface area contributed by atoms with Crippen molar-refractivity contribution in [2.45, 2.75) is 88.5 Å². The Morgan fingerprint density at radius 1 is 0.725 bits per heavy atom. The summed E-state index contributed by atoms with van der Waals surface area (Å²) in [7, 11) is -0.437. The summed E-state index contributed by atoms with van der Waals surface area (Å²) < 4.78 is 11.6. The zero-order valence-electron chi connectivity index (χ0n) is 24.2. The van der Waals surface area contributed by atoms with Gasteiger partial charge in [0.25, 0.3) is 0 Å². The van der Waals surface area contributed by atoms with Crippen LogP contribution >= 0.6 is 7.92 Å². The molecule has 0 bridgehead atoms. The Kier molecular flexibility index (Phi) is 11.5. The molecule has 2 atom stereocenters. The van der Waals surface area contributed by atoms with Crippen LogP contribution in [0, 0.1) is 0 Å². The molecule has 0 spiro atoms. The van der Waals surface area contributed by atoms with Crippen molar-refractivity contribution in [1.29, 1.82) is 0 Å². The summed E-state index contributed by atoms with van der Waals surface area (Å²) in [6, 6.07) is 34.2. The second kappa shape index (κ2) is 15.7. The van der Waals surface area contributed by atoms with Gasteiger partial charge in [0.1, 0.15) is 0 Å². The molecule has 2 unspecified atom stereocenters. The molecule has 2 heterocycles. The lowest BCUT2D eigenvalue weighted by Crippen LogP contribution is -2.36. The average molecular weight is 555 g/mol. The summed E-state index contributed by atoms with van der Waals surface area (Å²) in [5.41, 5.74) is 4.57. The van der Waals surface area contributed by atoms with E-state index in [4.69, 9.17) is 9.47 Å². The predicted octanol–water partition coefficient (Wildman–Crippen LogP) is 9.73. The number of rotatable bonds is 13. The molecular weight excluding hydrogens is 507 g/mol. The van der Waals surface area contributed by atoms with E-state index in [9.17, 15) is 0 Å². The van der Waals surface area contributed by atoms with Crippen molar-refractivity contribution in [2.75, 3.05) is 19.4 Å². The molecule has 0 saturated carbocycles. The van der Waals surface area contributed by atoms with Crippen LogP contribution in [0.3, 0.4) is 0 Å². The van der Waals surface area contributed by atoms with Crippen molar-refractivity contribution in [3.05, 3.63) is 114 Å². The third-order valence-corrected chi connectivity index (χ3v) is 11.9. The van der Waals surface area contributed by atoms with Crippen LogP contribution in [-0.4, -0.2) is 25.7 Å². The Labute approximate surface area is 244 Å². The molecule has 0 aromatic heterocycles. The van der Waals surface area contributed by atoms with E-state index in [-0.39, 0.29) is 11.4 Å². The first-order chi connectivity index (χ1) is 19.9. The summed E-state index contributed by atoms with van der Waals surface area (Å²) in [5, 5.41) is 1.47. The molecule has 2 saturated heterocycles. The molecule has 0 radical (unpaired) electrons. The molecule has 0 aliphatic carbocycles. The van der Waals surface area contributed by atoms with Gasteiger partial charge in [-0.2, -0.15) is 0 Å². The van der Waals surface area contributed by atoms with Gasteiger partial charge in [-0.1, -0.05) is 136 Å². The molecular formula is C37H47O2P. The van der Waals surface area contributed by atoms with E-state index in [0.29, 0.717) is 0 Å². The number of unbranched alkanes of at least 4 members (excludes halogenated alkanes) is 6. The maximum absolute atomic E-state index is 5.90. The monoisotopic (exact) mass is 554 g/mol. The fraction of sp³-hybridized carbons (Fsp3) is 0.459. The Morgan fingerprint density at radius 3 is 2.00 bits per heavy atom. The van der Waals surface area contributed by atoms with Crippen LogP contribution in [-0.2, 0) is 14.6 Å². The highest BCUT2D eigenvalue weighted by Gasteiger charge is 2.47. The molecule has 0 N–H and O–H groups in total. The minimum Gasteiger partial charge on any atom is -0.353 e. The van der Waals surface area contributed by atoms with Gasteiger partial charge in [0.2, 0.25) is 0 Å². The summed E-state index contributed by atoms with van der Waals surface area (Å²) in [6.45, 7) is 1.72. The number of hydrogen-bond acceptors (Lipinski definition) is 2. The summed E-state index contributed by atoms with van der Waals surface area (Å²) in [4.78, 5) is 0. The summed E-state index contributed by atoms with van der Waals surface area (Å²) >= 11 is 0. The zero-order valence-corrected chi connectivity index (χ0v) is 25.1. The molecule has 5 rings (SSSR count). The van der Waals surface area contributed by atoms with Crippen molar-refractivity contribution in [1.82, 2.24) is 0 Å². The van der Waals surface area contributed by atoms with Crippen LogP contribution in [0.1, 0.15) is 88.2 Å². The topological polar surface area (TPSA) is 18.5 Å². The third kappa shape index (κ3) is 7.33. The predicted molar refractivity (Wildman–Crippen MR) is 171 cm³/mol. The molecule has 2 fully saturated rings. The van der Waals surface area contributed by atoms with Gasteiger partial charge < -0.3 is 9.47 Å². The SMILES string of the molecule is C(CCCCCCCCOC1CCCCO1)=C1CCCP(c2ccccc2)C1(c1ccccc1)c1ccccc1. The van der Waals surface area contributed by atoms with E-state index in [2.05, 4.69) is 97.1 Å². The standard InChI is InChI=1S/C37H47O2P/c1(3-5-17-29-38-36-28-16-18-30-39-36)2-4-9-20-34-25-19-31-40(35-26-14-8-15-27-35)37(34,32-21-10-6-11-22-32)33-23-12-7-13-24-33/h6-8,10-15,20-24,26-27,36H,1-5,9,16-19,25,28-31H2. The van der Waals surface area contributed by atoms with Gasteiger partial charge in [0.05, 0.1) is 5.16 Å². The van der Waals surface area contributed by atoms with E-state index in [1.165, 1.54) is 86.8 Å². The molecule has 3 aromatic carbocycles. The van der Waals surface area contributed by atoms with Crippen LogP contribution in [0.25, 0.3) is 0 Å². The maximum Gasteiger partial charge on any atom is 0.157 e. The van der Waals surface area contributed by atoms with Crippen LogP contribution < -0.4 is 5.30 Å². The Bertz CT molecular complexity index is 1100. The van der Waals surface area contributed by atoms with Crippen molar-refractivity contribution in [3.8, 4) is 0 Å². The van der Waals surface area contributed by atoms with Gasteiger partial charge in [0, 0.05) is 13.2 Å². The van der Waals surface area contributed by atoms with Gasteiger partial charge in [-0.05, 0) is 74.0 Å². The fourth-order valence-electron chi connectivity index (χ4n) is 6.63. The zero-order chi connectivity index (χ0) is 27.3. The van der Waals surface area contributed by atoms with Crippen molar-refractivity contribution in [2.24, 2.45) is 0 Å². The highest BCUT2D eigenvalue weighted by molar-refractivity contribution is 7.67. The second-order valence-corrected chi connectivity index (χ2v) is 13.8. The van der Waals surface area contributed by atoms with Crippen LogP contribution in [0.4, 0.5) is 0 Å². The maximum atomic E-state index is 5.90. The molecule has 0 amide bonds. The number of ether oxygens (including phenoxy) is 2. The van der Waals surface area contributed by atoms with Crippen LogP contribution in [0.15, 0.2) is 103 Å². The lowest BCUT2D eigenvalue weighted by atomic mass is 9.80. The van der Waals surface area contributed by atoms with E-state index >= 15 is 0 Å². The smallest absolute Gasteiger partial charge is 0.157 e. The third-order valence-electron chi connectivity index (χ3n) is 8.58. The molecule has 212 valence electrons. The van der Waals surface area contributed by atoms with Crippen molar-refractivity contribution >= 4 is 13.2 Å². The number of benzene rings is 3. The molecule has 3 heteroatoms. The average Bonchev–Trinajstić information content (AvgIpc) is 3.03. The number of allylic oxidation sites excluding steroid dienone is 2. The van der Waals surface area contributed by atoms with E-state index in [1.54, 1.807) is 5.57 Å². The van der Waals surface area contributed by atoms with E-state index in [1.807, 2.05) is 0 Å². The Hall–Kier alpha value is -2.25. The largest absolute Gasteiger partial charge is 0.353 e. The van der Waals surface area contributed by atoms with Gasteiger partial charge in [0.15, 0.2) is 6.29 Å². The van der Waals surface area contributed by atoms with Crippen molar-refractivity contribution < 1.29 is 9.47 Å². The van der Waals surface area contributed by atoms with Crippen LogP contribution in [0.2, 0.25) is 0 Å². The quantitative estimate of drug-likeness (QED) is 0.119. The fourth-order valence-corrected chi connectivity index (χ4v) is 10.1. The summed E-state index contributed by atoms with van der Waals surface area (Å²) in [6.07, 6.45) is 18.8. The second-order valence-electron chi connectivity index (χ2n) is 11.3. The van der Waals surface area contributed by atoms with Gasteiger partial charge in [-0.15, -0.1) is 0 Å². The molecule has 2 nitrogen and oxygen atoms in total. The first-order valence-corrected chi connectivity index (χ1v) is 17.3. The molecule has 40 heavy (non-hydrogen) atoms. The van der Waals surface area contributed by atoms with Crippen molar-refractivity contribution in [3.63, 3.8) is 0 Å². The van der Waals surface area contributed by atoms with Gasteiger partial charge >= 0.3 is 0 Å².